The number of aliphatic hydroxyl groups excluding tert-OH is 2. The zero-order chi connectivity index (χ0) is 23.7. The van der Waals surface area contributed by atoms with Gasteiger partial charge in [0.15, 0.2) is 18.5 Å². The van der Waals surface area contributed by atoms with Crippen LogP contribution in [0.4, 0.5) is 0 Å². The smallest absolute Gasteiger partial charge is 0.311 e. The number of ether oxygens (including phenoxy) is 4. The van der Waals surface area contributed by atoms with Gasteiger partial charge in [0, 0.05) is 0 Å². The molecule has 1 saturated heterocycles. The Morgan fingerprint density at radius 2 is 1.13 bits per heavy atom. The van der Waals surface area contributed by atoms with Crippen molar-refractivity contribution in [2.45, 2.75) is 93.0 Å². The summed E-state index contributed by atoms with van der Waals surface area (Å²) in [6.45, 7) is 14.4. The molecule has 1 aliphatic heterocycles. The quantitative estimate of drug-likeness (QED) is 0.502. The first-order valence-electron chi connectivity index (χ1n) is 9.96. The molecular formula is C21H36O9. The Bertz CT molecular complexity index is 636. The van der Waals surface area contributed by atoms with Gasteiger partial charge >= 0.3 is 17.9 Å². The number of hydrogen-bond acceptors (Lipinski definition) is 9. The second-order valence-corrected chi connectivity index (χ2v) is 10.6. The Kier molecular flexibility index (Phi) is 8.07. The van der Waals surface area contributed by atoms with Gasteiger partial charge in [0.05, 0.1) is 16.2 Å². The minimum Gasteiger partial charge on any atom is -0.462 e. The third kappa shape index (κ3) is 6.92. The summed E-state index contributed by atoms with van der Waals surface area (Å²) >= 11 is 0. The van der Waals surface area contributed by atoms with Crippen LogP contribution in [0, 0.1) is 16.2 Å². The van der Waals surface area contributed by atoms with E-state index in [1.54, 1.807) is 62.3 Å². The first-order chi connectivity index (χ1) is 13.4. The van der Waals surface area contributed by atoms with Crippen molar-refractivity contribution in [1.82, 2.24) is 0 Å². The fourth-order valence-electron chi connectivity index (χ4n) is 2.29. The fourth-order valence-corrected chi connectivity index (χ4v) is 2.29. The molecule has 0 saturated carbocycles. The van der Waals surface area contributed by atoms with Gasteiger partial charge in [0.1, 0.15) is 18.8 Å². The van der Waals surface area contributed by atoms with E-state index in [9.17, 15) is 24.6 Å². The largest absolute Gasteiger partial charge is 0.462 e. The molecule has 0 aromatic rings. The molecule has 0 spiro atoms. The van der Waals surface area contributed by atoms with E-state index in [-0.39, 0.29) is 6.61 Å². The minimum absolute atomic E-state index is 0.370. The first-order valence-corrected chi connectivity index (χ1v) is 9.96. The van der Waals surface area contributed by atoms with E-state index in [1.807, 2.05) is 0 Å². The maximum Gasteiger partial charge on any atom is 0.311 e. The summed E-state index contributed by atoms with van der Waals surface area (Å²) in [6, 6.07) is 0. The van der Waals surface area contributed by atoms with Gasteiger partial charge in [-0.25, -0.2) is 0 Å². The van der Waals surface area contributed by atoms with Crippen molar-refractivity contribution in [2.75, 3.05) is 6.61 Å². The van der Waals surface area contributed by atoms with Gasteiger partial charge in [0.25, 0.3) is 0 Å². The maximum absolute atomic E-state index is 12.5. The standard InChI is InChI=1S/C21H36O9/c1-19(2,3)16(24)27-10-11-13(29-17(25)20(4,5)6)14(12(22)15(23)28-11)30-18(26)21(7,8)9/h11-15,22-23H,10H2,1-9H3/t11-,12+,13-,14-,15+/m1/s1. The fraction of sp³-hybridized carbons (Fsp3) is 0.857. The zero-order valence-corrected chi connectivity index (χ0v) is 19.3. The van der Waals surface area contributed by atoms with E-state index in [2.05, 4.69) is 0 Å². The van der Waals surface area contributed by atoms with Gasteiger partial charge < -0.3 is 29.2 Å². The Morgan fingerprint density at radius 3 is 1.53 bits per heavy atom. The number of hydrogen-bond donors (Lipinski definition) is 2. The van der Waals surface area contributed by atoms with Gasteiger partial charge in [-0.1, -0.05) is 0 Å². The zero-order valence-electron chi connectivity index (χ0n) is 19.3. The number of aliphatic hydroxyl groups is 2. The third-order valence-electron chi connectivity index (χ3n) is 4.34. The Morgan fingerprint density at radius 1 is 0.733 bits per heavy atom. The van der Waals surface area contributed by atoms with Crippen LogP contribution >= 0.6 is 0 Å². The second kappa shape index (κ2) is 9.20. The second-order valence-electron chi connectivity index (χ2n) is 10.6. The highest BCUT2D eigenvalue weighted by molar-refractivity contribution is 5.77. The summed E-state index contributed by atoms with van der Waals surface area (Å²) in [7, 11) is 0. The lowest BCUT2D eigenvalue weighted by atomic mass is 9.94. The maximum atomic E-state index is 12.5. The molecule has 0 amide bonds. The van der Waals surface area contributed by atoms with Crippen LogP contribution in [-0.2, 0) is 33.3 Å². The van der Waals surface area contributed by atoms with Crippen LogP contribution in [0.1, 0.15) is 62.3 Å². The highest BCUT2D eigenvalue weighted by Crippen LogP contribution is 2.30. The van der Waals surface area contributed by atoms with E-state index >= 15 is 0 Å². The lowest BCUT2D eigenvalue weighted by Gasteiger charge is -2.43. The molecule has 1 heterocycles. The van der Waals surface area contributed by atoms with Gasteiger partial charge in [0.2, 0.25) is 0 Å². The van der Waals surface area contributed by atoms with Crippen LogP contribution in [0.15, 0.2) is 0 Å². The van der Waals surface area contributed by atoms with Gasteiger partial charge in [-0.15, -0.1) is 0 Å². The van der Waals surface area contributed by atoms with Crippen LogP contribution < -0.4 is 0 Å². The van der Waals surface area contributed by atoms with Crippen molar-refractivity contribution in [1.29, 1.82) is 0 Å². The average Bonchev–Trinajstić information content (AvgIpc) is 2.56. The third-order valence-corrected chi connectivity index (χ3v) is 4.34. The van der Waals surface area contributed by atoms with Crippen LogP contribution in [0.2, 0.25) is 0 Å². The molecule has 0 aromatic heterocycles. The van der Waals surface area contributed by atoms with E-state index < -0.39 is 64.9 Å². The molecular weight excluding hydrogens is 396 g/mol. The Balaban J connectivity index is 3.20. The lowest BCUT2D eigenvalue weighted by Crippen LogP contribution is -2.62. The lowest BCUT2D eigenvalue weighted by molar-refractivity contribution is -0.296. The van der Waals surface area contributed by atoms with Crippen molar-refractivity contribution < 1.29 is 43.5 Å². The summed E-state index contributed by atoms with van der Waals surface area (Å²) in [6.07, 6.45) is -7.26. The molecule has 0 bridgehead atoms. The van der Waals surface area contributed by atoms with E-state index in [4.69, 9.17) is 18.9 Å². The number of carbonyl (C=O) groups is 3. The van der Waals surface area contributed by atoms with Gasteiger partial charge in [-0.05, 0) is 62.3 Å². The molecule has 5 atom stereocenters. The summed E-state index contributed by atoms with van der Waals surface area (Å²) in [4.78, 5) is 37.1. The van der Waals surface area contributed by atoms with Crippen LogP contribution in [-0.4, -0.2) is 65.4 Å². The monoisotopic (exact) mass is 432 g/mol. The van der Waals surface area contributed by atoms with Crippen LogP contribution in [0.5, 0.6) is 0 Å². The van der Waals surface area contributed by atoms with E-state index in [0.29, 0.717) is 0 Å². The van der Waals surface area contributed by atoms with Crippen LogP contribution in [0.25, 0.3) is 0 Å². The van der Waals surface area contributed by atoms with Crippen molar-refractivity contribution >= 4 is 17.9 Å². The van der Waals surface area contributed by atoms with Crippen molar-refractivity contribution in [3.8, 4) is 0 Å². The molecule has 9 nitrogen and oxygen atoms in total. The molecule has 0 unspecified atom stereocenters. The SMILES string of the molecule is CC(C)(C)C(=O)OC[C@H]1O[C@H](O)[C@@H](O)[C@@H](OC(=O)C(C)(C)C)[C@@H]1OC(=O)C(C)(C)C. The minimum atomic E-state index is -1.73. The molecule has 2 N–H and O–H groups in total. The molecule has 30 heavy (non-hydrogen) atoms. The Hall–Kier alpha value is -1.71. The van der Waals surface area contributed by atoms with Crippen molar-refractivity contribution in [3.05, 3.63) is 0 Å². The normalized spacial score (nSPS) is 27.9. The molecule has 0 aliphatic carbocycles. The summed E-state index contributed by atoms with van der Waals surface area (Å²) in [5.41, 5.74) is -2.59. The predicted molar refractivity (Wildman–Crippen MR) is 106 cm³/mol. The Labute approximate surface area is 178 Å². The molecule has 174 valence electrons. The summed E-state index contributed by atoms with van der Waals surface area (Å²) < 4.78 is 21.6. The van der Waals surface area contributed by atoms with Crippen molar-refractivity contribution in [2.24, 2.45) is 16.2 Å². The number of rotatable bonds is 4. The highest BCUT2D eigenvalue weighted by atomic mass is 16.7. The predicted octanol–water partition coefficient (Wildman–Crippen LogP) is 1.57. The van der Waals surface area contributed by atoms with Gasteiger partial charge in [-0.3, -0.25) is 14.4 Å². The molecule has 1 aliphatic rings. The topological polar surface area (TPSA) is 129 Å². The molecule has 0 aromatic carbocycles. The first kappa shape index (κ1) is 26.3. The highest BCUT2D eigenvalue weighted by Gasteiger charge is 2.51. The van der Waals surface area contributed by atoms with E-state index in [0.717, 1.165) is 0 Å². The number of esters is 3. The van der Waals surface area contributed by atoms with Crippen LogP contribution in [0.3, 0.4) is 0 Å². The summed E-state index contributed by atoms with van der Waals surface area (Å²) in [5, 5.41) is 20.5. The van der Waals surface area contributed by atoms with Crippen molar-refractivity contribution in [3.63, 3.8) is 0 Å². The summed E-state index contributed by atoms with van der Waals surface area (Å²) in [5.74, 6) is -1.83. The molecule has 0 radical (unpaired) electrons. The number of carbonyl (C=O) groups excluding carboxylic acids is 3. The molecule has 1 rings (SSSR count). The molecule has 9 heteroatoms. The average molecular weight is 433 g/mol. The van der Waals surface area contributed by atoms with E-state index in [1.165, 1.54) is 0 Å². The molecule has 1 fully saturated rings. The van der Waals surface area contributed by atoms with Gasteiger partial charge in [-0.2, -0.15) is 0 Å².